The van der Waals surface area contributed by atoms with Gasteiger partial charge in [-0.25, -0.2) is 14.2 Å². The third-order valence-corrected chi connectivity index (χ3v) is 3.78. The van der Waals surface area contributed by atoms with Crippen LogP contribution < -0.4 is 0 Å². The summed E-state index contributed by atoms with van der Waals surface area (Å²) in [4.78, 5) is 14.9. The molecule has 0 saturated carbocycles. The predicted molar refractivity (Wildman–Crippen MR) is 78.4 cm³/mol. The number of aliphatic hydroxyl groups is 1. The summed E-state index contributed by atoms with van der Waals surface area (Å²) >= 11 is 0. The zero-order valence-corrected chi connectivity index (χ0v) is 12.3. The number of halogens is 4. The Bertz CT molecular complexity index is 950. The molecule has 1 unspecified atom stereocenters. The van der Waals surface area contributed by atoms with Gasteiger partial charge in [-0.05, 0) is 30.3 Å². The molecule has 0 spiro atoms. The number of aromatic nitrogens is 2. The van der Waals surface area contributed by atoms with Crippen LogP contribution in [0.3, 0.4) is 0 Å². The van der Waals surface area contributed by atoms with Gasteiger partial charge in [0.2, 0.25) is 0 Å². The molecule has 2 aromatic carbocycles. The topological polar surface area (TPSA) is 75.3 Å². The minimum atomic E-state index is -5.18. The molecule has 25 heavy (non-hydrogen) atoms. The Morgan fingerprint density at radius 1 is 1.08 bits per heavy atom. The van der Waals surface area contributed by atoms with Crippen molar-refractivity contribution in [2.45, 2.75) is 11.9 Å². The number of carboxylic acid groups (broad SMARTS) is 1. The van der Waals surface area contributed by atoms with Crippen LogP contribution in [0.1, 0.15) is 15.9 Å². The number of hydrogen-bond donors (Lipinski definition) is 2. The van der Waals surface area contributed by atoms with Gasteiger partial charge in [0.25, 0.3) is 5.72 Å². The van der Waals surface area contributed by atoms with Gasteiger partial charge in [0.15, 0.2) is 0 Å². The summed E-state index contributed by atoms with van der Waals surface area (Å²) in [6.45, 7) is 0. The average molecular weight is 354 g/mol. The molecular weight excluding hydrogens is 344 g/mol. The largest absolute Gasteiger partial charge is 0.478 e. The minimum absolute atomic E-state index is 0.0646. The van der Waals surface area contributed by atoms with E-state index in [1.54, 1.807) is 0 Å². The lowest BCUT2D eigenvalue weighted by Crippen LogP contribution is -2.48. The van der Waals surface area contributed by atoms with Crippen LogP contribution in [0.15, 0.2) is 48.8 Å². The Hall–Kier alpha value is -2.94. The molecule has 0 aliphatic heterocycles. The maximum Gasteiger partial charge on any atom is 0.441 e. The summed E-state index contributed by atoms with van der Waals surface area (Å²) in [6, 6.07) is 6.57. The van der Waals surface area contributed by atoms with E-state index in [4.69, 9.17) is 5.11 Å². The second-order valence-corrected chi connectivity index (χ2v) is 5.30. The number of fused-ring (bicyclic) bond motifs is 1. The van der Waals surface area contributed by atoms with Crippen LogP contribution in [0.4, 0.5) is 17.6 Å². The number of nitrogens with zero attached hydrogens (tertiary/aromatic N) is 2. The molecular formula is C16H10F4N2O3. The number of carbonyl (C=O) groups is 1. The van der Waals surface area contributed by atoms with Crippen molar-refractivity contribution in [3.63, 3.8) is 0 Å². The smallest absolute Gasteiger partial charge is 0.441 e. The third kappa shape index (κ3) is 2.62. The normalized spacial score (nSPS) is 14.4. The molecule has 0 amide bonds. The zero-order valence-electron chi connectivity index (χ0n) is 12.3. The Kier molecular flexibility index (Phi) is 3.76. The maximum atomic E-state index is 13.7. The van der Waals surface area contributed by atoms with Gasteiger partial charge in [0, 0.05) is 5.56 Å². The quantitative estimate of drug-likeness (QED) is 0.709. The molecule has 3 aromatic rings. The molecule has 3 rings (SSSR count). The highest BCUT2D eigenvalue weighted by Crippen LogP contribution is 2.42. The number of alkyl halides is 3. The molecule has 1 heterocycles. The van der Waals surface area contributed by atoms with Crippen molar-refractivity contribution in [2.24, 2.45) is 0 Å². The van der Waals surface area contributed by atoms with Gasteiger partial charge >= 0.3 is 12.1 Å². The maximum absolute atomic E-state index is 13.7. The Morgan fingerprint density at radius 2 is 1.72 bits per heavy atom. The molecule has 0 fully saturated rings. The average Bonchev–Trinajstić information content (AvgIpc) is 2.97. The highest BCUT2D eigenvalue weighted by Gasteiger charge is 2.57. The van der Waals surface area contributed by atoms with Gasteiger partial charge < -0.3 is 10.2 Å². The number of carboxylic acids is 1. The number of rotatable bonds is 3. The van der Waals surface area contributed by atoms with E-state index in [1.807, 2.05) is 0 Å². The lowest BCUT2D eigenvalue weighted by Gasteiger charge is -2.32. The van der Waals surface area contributed by atoms with Crippen molar-refractivity contribution in [1.29, 1.82) is 0 Å². The SMILES string of the molecule is O=C(O)c1ccc2ncn(C(O)(c3ccc(F)cc3)C(F)(F)F)c2c1. The Balaban J connectivity index is 2.31. The van der Waals surface area contributed by atoms with E-state index >= 15 is 0 Å². The van der Waals surface area contributed by atoms with Gasteiger partial charge in [0.1, 0.15) is 5.82 Å². The lowest BCUT2D eigenvalue weighted by molar-refractivity contribution is -0.277. The second-order valence-electron chi connectivity index (χ2n) is 5.30. The first-order valence-electron chi connectivity index (χ1n) is 6.90. The Labute approximate surface area is 137 Å². The molecule has 0 aliphatic carbocycles. The lowest BCUT2D eigenvalue weighted by atomic mass is 10.0. The van der Waals surface area contributed by atoms with E-state index in [0.29, 0.717) is 4.57 Å². The van der Waals surface area contributed by atoms with E-state index < -0.39 is 29.3 Å². The summed E-state index contributed by atoms with van der Waals surface area (Å²) < 4.78 is 54.7. The van der Waals surface area contributed by atoms with Crippen molar-refractivity contribution in [3.05, 3.63) is 65.7 Å². The van der Waals surface area contributed by atoms with Crippen LogP contribution in [-0.4, -0.2) is 31.9 Å². The van der Waals surface area contributed by atoms with Crippen LogP contribution in [0.25, 0.3) is 11.0 Å². The van der Waals surface area contributed by atoms with Crippen LogP contribution >= 0.6 is 0 Å². The zero-order chi connectivity index (χ0) is 18.4. The van der Waals surface area contributed by atoms with Gasteiger partial charge in [-0.15, -0.1) is 0 Å². The highest BCUT2D eigenvalue weighted by molar-refractivity contribution is 5.92. The molecule has 9 heteroatoms. The van der Waals surface area contributed by atoms with E-state index in [-0.39, 0.29) is 16.6 Å². The van der Waals surface area contributed by atoms with E-state index in [1.165, 1.54) is 12.1 Å². The van der Waals surface area contributed by atoms with E-state index in [0.717, 1.165) is 36.7 Å². The summed E-state index contributed by atoms with van der Waals surface area (Å²) in [5, 5.41) is 19.6. The standard InChI is InChI=1S/C16H10F4N2O3/c17-11-4-2-10(3-5-11)15(25,16(18,19)20)22-8-21-12-6-1-9(14(23)24)7-13(12)22/h1-8,25H,(H,23,24). The fraction of sp³-hybridized carbons (Fsp3) is 0.125. The van der Waals surface area contributed by atoms with Crippen LogP contribution in [0, 0.1) is 5.82 Å². The van der Waals surface area contributed by atoms with Gasteiger partial charge in [-0.2, -0.15) is 13.2 Å². The van der Waals surface area contributed by atoms with Crippen molar-refractivity contribution in [1.82, 2.24) is 9.55 Å². The van der Waals surface area contributed by atoms with E-state index in [2.05, 4.69) is 4.98 Å². The molecule has 0 bridgehead atoms. The number of benzene rings is 2. The third-order valence-electron chi connectivity index (χ3n) is 3.78. The summed E-state index contributed by atoms with van der Waals surface area (Å²) in [7, 11) is 0. The second kappa shape index (κ2) is 5.55. The minimum Gasteiger partial charge on any atom is -0.478 e. The van der Waals surface area contributed by atoms with Crippen molar-refractivity contribution < 1.29 is 32.6 Å². The summed E-state index contributed by atoms with van der Waals surface area (Å²) in [5.41, 5.74) is -4.62. The first kappa shape index (κ1) is 16.9. The number of aromatic carboxylic acids is 1. The Morgan fingerprint density at radius 3 is 2.28 bits per heavy atom. The molecule has 1 aromatic heterocycles. The van der Waals surface area contributed by atoms with Crippen molar-refractivity contribution in [2.75, 3.05) is 0 Å². The molecule has 0 aliphatic rings. The fourth-order valence-corrected chi connectivity index (χ4v) is 2.52. The number of imidazole rings is 1. The van der Waals surface area contributed by atoms with Crippen LogP contribution in [0.5, 0.6) is 0 Å². The van der Waals surface area contributed by atoms with Crippen LogP contribution in [0.2, 0.25) is 0 Å². The van der Waals surface area contributed by atoms with Crippen molar-refractivity contribution in [3.8, 4) is 0 Å². The van der Waals surface area contributed by atoms with Crippen molar-refractivity contribution >= 4 is 17.0 Å². The number of hydrogen-bond acceptors (Lipinski definition) is 3. The fourth-order valence-electron chi connectivity index (χ4n) is 2.52. The highest BCUT2D eigenvalue weighted by atomic mass is 19.4. The molecule has 2 N–H and O–H groups in total. The molecule has 0 radical (unpaired) electrons. The first-order valence-corrected chi connectivity index (χ1v) is 6.90. The summed E-state index contributed by atoms with van der Waals surface area (Å²) in [5.74, 6) is -2.11. The van der Waals surface area contributed by atoms with Gasteiger partial charge in [0.05, 0.1) is 22.9 Å². The van der Waals surface area contributed by atoms with Crippen LogP contribution in [-0.2, 0) is 5.72 Å². The molecule has 1 atom stereocenters. The molecule has 5 nitrogen and oxygen atoms in total. The first-order chi connectivity index (χ1) is 11.6. The van der Waals surface area contributed by atoms with Gasteiger partial charge in [-0.1, -0.05) is 12.1 Å². The molecule has 130 valence electrons. The van der Waals surface area contributed by atoms with Gasteiger partial charge in [-0.3, -0.25) is 4.57 Å². The monoisotopic (exact) mass is 354 g/mol. The molecule has 0 saturated heterocycles. The predicted octanol–water partition coefficient (Wildman–Crippen LogP) is 3.13. The van der Waals surface area contributed by atoms with E-state index in [9.17, 15) is 27.5 Å². The summed E-state index contributed by atoms with van der Waals surface area (Å²) in [6.07, 6.45) is -4.43.